The first-order valence-corrected chi connectivity index (χ1v) is 10.8. The number of nitrogens with two attached hydrogens (primary N) is 1. The Labute approximate surface area is 196 Å². The average molecular weight is 461 g/mol. The van der Waals surface area contributed by atoms with E-state index < -0.39 is 41.6 Å². The van der Waals surface area contributed by atoms with Gasteiger partial charge in [0.15, 0.2) is 6.10 Å². The molecule has 0 spiro atoms. The van der Waals surface area contributed by atoms with E-state index in [0.29, 0.717) is 16.9 Å². The van der Waals surface area contributed by atoms with Crippen LogP contribution in [0.15, 0.2) is 66.7 Å². The van der Waals surface area contributed by atoms with Crippen molar-refractivity contribution in [1.82, 2.24) is 5.32 Å². The Balaban J connectivity index is 1.66. The molecule has 34 heavy (non-hydrogen) atoms. The summed E-state index contributed by atoms with van der Waals surface area (Å²) in [5.74, 6) is -3.12. The molecule has 0 aliphatic carbocycles. The van der Waals surface area contributed by atoms with Crippen molar-refractivity contribution in [3.63, 3.8) is 0 Å². The van der Waals surface area contributed by atoms with E-state index in [2.05, 4.69) is 5.32 Å². The zero-order valence-corrected chi connectivity index (χ0v) is 18.7. The third-order valence-corrected chi connectivity index (χ3v) is 5.99. The number of nitrogens with zero attached hydrogens (tertiary/aromatic N) is 1. The maximum atomic E-state index is 13.5. The van der Waals surface area contributed by atoms with Gasteiger partial charge in [0.2, 0.25) is 5.91 Å². The SMILES string of the molecule is CC1C(=O)N(C(=O)[C@H](C)NC(=O)C(O)c2ccc(F)cc2)c2cccc(N)c2-c2ccccc21. The van der Waals surface area contributed by atoms with Crippen LogP contribution in [0.25, 0.3) is 11.1 Å². The monoisotopic (exact) mass is 461 g/mol. The third-order valence-electron chi connectivity index (χ3n) is 5.99. The molecular weight excluding hydrogens is 437 g/mol. The van der Waals surface area contributed by atoms with Crippen LogP contribution in [0.5, 0.6) is 0 Å². The van der Waals surface area contributed by atoms with Gasteiger partial charge in [0.1, 0.15) is 11.9 Å². The summed E-state index contributed by atoms with van der Waals surface area (Å²) >= 11 is 0. The molecule has 174 valence electrons. The number of carbonyl (C=O) groups is 3. The lowest BCUT2D eigenvalue weighted by molar-refractivity contribution is -0.134. The smallest absolute Gasteiger partial charge is 0.256 e. The van der Waals surface area contributed by atoms with Crippen molar-refractivity contribution in [2.24, 2.45) is 0 Å². The van der Waals surface area contributed by atoms with Gasteiger partial charge >= 0.3 is 0 Å². The largest absolute Gasteiger partial charge is 0.398 e. The van der Waals surface area contributed by atoms with Crippen molar-refractivity contribution in [2.45, 2.75) is 31.9 Å². The zero-order valence-electron chi connectivity index (χ0n) is 18.7. The second-order valence-corrected chi connectivity index (χ2v) is 8.25. The number of nitrogen functional groups attached to an aromatic ring is 1. The lowest BCUT2D eigenvalue weighted by Crippen LogP contribution is -2.51. The number of nitrogens with one attached hydrogen (secondary N) is 1. The second-order valence-electron chi connectivity index (χ2n) is 8.25. The van der Waals surface area contributed by atoms with Crippen molar-refractivity contribution in [3.8, 4) is 11.1 Å². The lowest BCUT2D eigenvalue weighted by Gasteiger charge is -2.27. The Hall–Kier alpha value is -4.04. The van der Waals surface area contributed by atoms with Crippen LogP contribution < -0.4 is 16.0 Å². The summed E-state index contributed by atoms with van der Waals surface area (Å²) in [5, 5.41) is 12.8. The minimum atomic E-state index is -1.61. The fourth-order valence-electron chi connectivity index (χ4n) is 4.16. The minimum absolute atomic E-state index is 0.173. The van der Waals surface area contributed by atoms with E-state index in [4.69, 9.17) is 5.73 Å². The van der Waals surface area contributed by atoms with Crippen LogP contribution in [0, 0.1) is 5.82 Å². The highest BCUT2D eigenvalue weighted by Gasteiger charge is 2.38. The molecule has 1 heterocycles. The number of carbonyl (C=O) groups excluding carboxylic acids is 3. The van der Waals surface area contributed by atoms with Gasteiger partial charge in [-0.25, -0.2) is 9.29 Å². The maximum absolute atomic E-state index is 13.5. The third kappa shape index (κ3) is 4.04. The highest BCUT2D eigenvalue weighted by molar-refractivity contribution is 6.22. The first kappa shape index (κ1) is 23.1. The summed E-state index contributed by atoms with van der Waals surface area (Å²) in [6, 6.07) is 16.0. The Morgan fingerprint density at radius 1 is 1.06 bits per heavy atom. The number of aliphatic hydroxyl groups is 1. The van der Waals surface area contributed by atoms with Crippen molar-refractivity contribution in [2.75, 3.05) is 10.6 Å². The number of anilines is 2. The molecule has 0 saturated carbocycles. The molecule has 1 aliphatic rings. The number of fused-ring (bicyclic) bond motifs is 3. The number of hydrogen-bond acceptors (Lipinski definition) is 5. The normalized spacial score (nSPS) is 16.6. The van der Waals surface area contributed by atoms with Crippen LogP contribution in [0.2, 0.25) is 0 Å². The van der Waals surface area contributed by atoms with E-state index in [9.17, 15) is 23.9 Å². The fraction of sp³-hybridized carbons (Fsp3) is 0.192. The molecule has 3 aromatic carbocycles. The minimum Gasteiger partial charge on any atom is -0.398 e. The number of imide groups is 1. The van der Waals surface area contributed by atoms with E-state index in [1.54, 1.807) is 25.1 Å². The Bertz CT molecular complexity index is 1280. The molecule has 3 aromatic rings. The molecule has 4 N–H and O–H groups in total. The van der Waals surface area contributed by atoms with Crippen molar-refractivity contribution >= 4 is 29.1 Å². The second kappa shape index (κ2) is 9.07. The van der Waals surface area contributed by atoms with Crippen molar-refractivity contribution in [3.05, 3.63) is 83.7 Å². The maximum Gasteiger partial charge on any atom is 0.256 e. The summed E-state index contributed by atoms with van der Waals surface area (Å²) < 4.78 is 13.1. The molecule has 0 saturated heterocycles. The van der Waals surface area contributed by atoms with E-state index in [0.717, 1.165) is 28.2 Å². The summed E-state index contributed by atoms with van der Waals surface area (Å²) in [4.78, 5) is 40.6. The van der Waals surface area contributed by atoms with Gasteiger partial charge in [-0.15, -0.1) is 0 Å². The first-order valence-electron chi connectivity index (χ1n) is 10.8. The number of rotatable bonds is 4. The first-order chi connectivity index (χ1) is 16.2. The molecular formula is C26H24FN3O4. The Kier molecular flexibility index (Phi) is 6.17. The summed E-state index contributed by atoms with van der Waals surface area (Å²) in [6.45, 7) is 3.14. The molecule has 2 unspecified atom stereocenters. The van der Waals surface area contributed by atoms with Crippen LogP contribution in [0.4, 0.5) is 15.8 Å². The van der Waals surface area contributed by atoms with Crippen LogP contribution in [-0.2, 0) is 14.4 Å². The van der Waals surface area contributed by atoms with Gasteiger partial charge in [-0.3, -0.25) is 14.4 Å². The zero-order chi connectivity index (χ0) is 24.6. The highest BCUT2D eigenvalue weighted by Crippen LogP contribution is 2.44. The molecule has 3 atom stereocenters. The van der Waals surface area contributed by atoms with Gasteiger partial charge in [0.05, 0.1) is 11.6 Å². The number of aliphatic hydroxyl groups excluding tert-OH is 1. The van der Waals surface area contributed by atoms with Gasteiger partial charge in [-0.05, 0) is 54.8 Å². The topological polar surface area (TPSA) is 113 Å². The molecule has 7 nitrogen and oxygen atoms in total. The molecule has 8 heteroatoms. The fourth-order valence-corrected chi connectivity index (χ4v) is 4.16. The van der Waals surface area contributed by atoms with E-state index in [1.807, 2.05) is 24.3 Å². The van der Waals surface area contributed by atoms with Crippen LogP contribution in [0.1, 0.15) is 37.0 Å². The van der Waals surface area contributed by atoms with Gasteiger partial charge in [-0.1, -0.05) is 42.5 Å². The summed E-state index contributed by atoms with van der Waals surface area (Å²) in [6.07, 6.45) is -1.61. The Morgan fingerprint density at radius 3 is 2.44 bits per heavy atom. The molecule has 0 fully saturated rings. The predicted octanol–water partition coefficient (Wildman–Crippen LogP) is 3.29. The molecule has 0 bridgehead atoms. The van der Waals surface area contributed by atoms with E-state index in [-0.39, 0.29) is 5.56 Å². The molecule has 0 aromatic heterocycles. The van der Waals surface area contributed by atoms with Gasteiger partial charge < -0.3 is 16.2 Å². The predicted molar refractivity (Wildman–Crippen MR) is 126 cm³/mol. The molecule has 3 amide bonds. The van der Waals surface area contributed by atoms with Crippen molar-refractivity contribution in [1.29, 1.82) is 0 Å². The quantitative estimate of drug-likeness (QED) is 0.516. The molecule has 4 rings (SSSR count). The number of amides is 3. The number of hydrogen-bond donors (Lipinski definition) is 3. The van der Waals surface area contributed by atoms with Crippen LogP contribution in [0.3, 0.4) is 0 Å². The number of halogens is 1. The lowest BCUT2D eigenvalue weighted by atomic mass is 9.92. The van der Waals surface area contributed by atoms with Gasteiger partial charge in [-0.2, -0.15) is 0 Å². The van der Waals surface area contributed by atoms with Crippen LogP contribution >= 0.6 is 0 Å². The molecule has 1 aliphatic heterocycles. The average Bonchev–Trinajstić information content (AvgIpc) is 2.92. The summed E-state index contributed by atoms with van der Waals surface area (Å²) in [5.41, 5.74) is 9.25. The van der Waals surface area contributed by atoms with Crippen molar-refractivity contribution < 1.29 is 23.9 Å². The van der Waals surface area contributed by atoms with Gasteiger partial charge in [0.25, 0.3) is 11.8 Å². The molecule has 0 radical (unpaired) electrons. The van der Waals surface area contributed by atoms with Gasteiger partial charge in [0, 0.05) is 11.3 Å². The summed E-state index contributed by atoms with van der Waals surface area (Å²) in [7, 11) is 0. The standard InChI is InChI=1S/C26H24FN3O4/c1-14-18-6-3-4-7-19(18)22-20(28)8-5-9-21(22)30(25(14)33)26(34)15(2)29-24(32)23(31)16-10-12-17(27)13-11-16/h3-15,23,31H,28H2,1-2H3,(H,29,32)/t14?,15-,23?/m0/s1. The highest BCUT2D eigenvalue weighted by atomic mass is 19.1. The Morgan fingerprint density at radius 2 is 1.74 bits per heavy atom. The van der Waals surface area contributed by atoms with E-state index in [1.165, 1.54) is 19.1 Å². The number of benzene rings is 3. The van der Waals surface area contributed by atoms with Crippen LogP contribution in [-0.4, -0.2) is 28.9 Å². The van der Waals surface area contributed by atoms with E-state index >= 15 is 0 Å².